The SMILES string of the molecule is O=C1CCOc2c(Br)cc(F)cc2N1. The van der Waals surface area contributed by atoms with Crippen molar-refractivity contribution in [3.05, 3.63) is 22.4 Å². The van der Waals surface area contributed by atoms with Crippen LogP contribution in [0.25, 0.3) is 0 Å². The van der Waals surface area contributed by atoms with Crippen LogP contribution in [0.15, 0.2) is 16.6 Å². The van der Waals surface area contributed by atoms with Gasteiger partial charge in [-0.1, -0.05) is 0 Å². The molecule has 0 fully saturated rings. The fourth-order valence-corrected chi connectivity index (χ4v) is 1.81. The van der Waals surface area contributed by atoms with E-state index in [1.54, 1.807) is 0 Å². The van der Waals surface area contributed by atoms with Crippen LogP contribution < -0.4 is 10.1 Å². The average Bonchev–Trinajstić information content (AvgIpc) is 2.25. The molecule has 0 atom stereocenters. The van der Waals surface area contributed by atoms with Gasteiger partial charge in [0.15, 0.2) is 5.75 Å². The third-order valence-electron chi connectivity index (χ3n) is 1.86. The Morgan fingerprint density at radius 3 is 3.07 bits per heavy atom. The largest absolute Gasteiger partial charge is 0.490 e. The Labute approximate surface area is 88.4 Å². The van der Waals surface area contributed by atoms with Crippen molar-refractivity contribution in [1.82, 2.24) is 0 Å². The number of nitrogens with one attached hydrogen (secondary N) is 1. The van der Waals surface area contributed by atoms with Gasteiger partial charge in [-0.25, -0.2) is 4.39 Å². The van der Waals surface area contributed by atoms with Crippen LogP contribution >= 0.6 is 15.9 Å². The van der Waals surface area contributed by atoms with Gasteiger partial charge < -0.3 is 10.1 Å². The number of carbonyl (C=O) groups excluding carboxylic acids is 1. The predicted molar refractivity (Wildman–Crippen MR) is 52.8 cm³/mol. The van der Waals surface area contributed by atoms with Gasteiger partial charge in [0, 0.05) is 6.07 Å². The highest BCUT2D eigenvalue weighted by molar-refractivity contribution is 9.10. The lowest BCUT2D eigenvalue weighted by molar-refractivity contribution is -0.116. The van der Waals surface area contributed by atoms with E-state index < -0.39 is 5.82 Å². The van der Waals surface area contributed by atoms with Crippen LogP contribution in [0, 0.1) is 5.82 Å². The maximum atomic E-state index is 13.0. The summed E-state index contributed by atoms with van der Waals surface area (Å²) in [4.78, 5) is 11.1. The number of ether oxygens (including phenoxy) is 1. The molecular weight excluding hydrogens is 253 g/mol. The van der Waals surface area contributed by atoms with Gasteiger partial charge in [-0.05, 0) is 22.0 Å². The van der Waals surface area contributed by atoms with Crippen molar-refractivity contribution in [2.24, 2.45) is 0 Å². The summed E-state index contributed by atoms with van der Waals surface area (Å²) >= 11 is 3.17. The fraction of sp³-hybridized carbons (Fsp3) is 0.222. The molecule has 74 valence electrons. The second-order valence-corrected chi connectivity index (χ2v) is 3.77. The van der Waals surface area contributed by atoms with Gasteiger partial charge in [-0.2, -0.15) is 0 Å². The molecule has 0 radical (unpaired) electrons. The Balaban J connectivity index is 2.50. The molecule has 3 nitrogen and oxygen atoms in total. The van der Waals surface area contributed by atoms with Gasteiger partial charge in [-0.15, -0.1) is 0 Å². The number of rotatable bonds is 0. The van der Waals surface area contributed by atoms with Crippen molar-refractivity contribution in [1.29, 1.82) is 0 Å². The molecule has 1 heterocycles. The molecule has 1 N–H and O–H groups in total. The minimum absolute atomic E-state index is 0.166. The zero-order valence-corrected chi connectivity index (χ0v) is 8.73. The van der Waals surface area contributed by atoms with Crippen molar-refractivity contribution in [3.8, 4) is 5.75 Å². The van der Waals surface area contributed by atoms with Gasteiger partial charge in [0.2, 0.25) is 5.91 Å². The first-order valence-electron chi connectivity index (χ1n) is 4.08. The number of hydrogen-bond donors (Lipinski definition) is 1. The van der Waals surface area contributed by atoms with E-state index in [0.29, 0.717) is 22.5 Å². The molecule has 0 unspecified atom stereocenters. The number of fused-ring (bicyclic) bond motifs is 1. The second kappa shape index (κ2) is 3.57. The van der Waals surface area contributed by atoms with Gasteiger partial charge in [-0.3, -0.25) is 4.79 Å². The normalized spacial score (nSPS) is 15.1. The van der Waals surface area contributed by atoms with Crippen LogP contribution in [0.4, 0.5) is 10.1 Å². The van der Waals surface area contributed by atoms with E-state index in [9.17, 15) is 9.18 Å². The van der Waals surface area contributed by atoms with E-state index in [4.69, 9.17) is 4.74 Å². The van der Waals surface area contributed by atoms with Gasteiger partial charge >= 0.3 is 0 Å². The Morgan fingerprint density at radius 1 is 1.50 bits per heavy atom. The summed E-state index contributed by atoms with van der Waals surface area (Å²) in [6.45, 7) is 0.309. The first-order valence-corrected chi connectivity index (χ1v) is 4.88. The minimum Gasteiger partial charge on any atom is -0.490 e. The number of amides is 1. The molecule has 0 spiro atoms. The molecule has 1 amide bonds. The number of anilines is 1. The maximum Gasteiger partial charge on any atom is 0.227 e. The molecule has 0 aromatic heterocycles. The maximum absolute atomic E-state index is 13.0. The third-order valence-corrected chi connectivity index (χ3v) is 2.45. The van der Waals surface area contributed by atoms with Crippen LogP contribution in [0.1, 0.15) is 6.42 Å². The first-order chi connectivity index (χ1) is 6.66. The Morgan fingerprint density at radius 2 is 2.29 bits per heavy atom. The molecule has 1 aliphatic heterocycles. The number of benzene rings is 1. The molecular formula is C9H7BrFNO2. The number of carbonyl (C=O) groups is 1. The summed E-state index contributed by atoms with van der Waals surface area (Å²) < 4.78 is 18.8. The summed E-state index contributed by atoms with van der Waals surface area (Å²) in [6.07, 6.45) is 0.280. The Bertz CT molecular complexity index is 395. The quantitative estimate of drug-likeness (QED) is 0.777. The van der Waals surface area contributed by atoms with E-state index in [1.165, 1.54) is 12.1 Å². The molecule has 0 saturated carbocycles. The topological polar surface area (TPSA) is 38.3 Å². The van der Waals surface area contributed by atoms with E-state index >= 15 is 0 Å². The number of hydrogen-bond acceptors (Lipinski definition) is 2. The summed E-state index contributed by atoms with van der Waals surface area (Å²) in [5, 5.41) is 2.57. The first kappa shape index (κ1) is 9.45. The lowest BCUT2D eigenvalue weighted by Crippen LogP contribution is -2.10. The van der Waals surface area contributed by atoms with Crippen molar-refractivity contribution >= 4 is 27.5 Å². The van der Waals surface area contributed by atoms with Crippen molar-refractivity contribution in [2.45, 2.75) is 6.42 Å². The molecule has 2 rings (SSSR count). The van der Waals surface area contributed by atoms with E-state index in [-0.39, 0.29) is 12.3 Å². The monoisotopic (exact) mass is 259 g/mol. The van der Waals surface area contributed by atoms with Crippen molar-refractivity contribution in [3.63, 3.8) is 0 Å². The van der Waals surface area contributed by atoms with Crippen LogP contribution in [-0.2, 0) is 4.79 Å². The van der Waals surface area contributed by atoms with Crippen molar-refractivity contribution in [2.75, 3.05) is 11.9 Å². The fourth-order valence-electron chi connectivity index (χ4n) is 1.26. The zero-order chi connectivity index (χ0) is 10.1. The van der Waals surface area contributed by atoms with Crippen molar-refractivity contribution < 1.29 is 13.9 Å². The van der Waals surface area contributed by atoms with Gasteiger partial charge in [0.1, 0.15) is 5.82 Å². The van der Waals surface area contributed by atoms with Gasteiger partial charge in [0.25, 0.3) is 0 Å². The second-order valence-electron chi connectivity index (χ2n) is 2.91. The van der Waals surface area contributed by atoms with Gasteiger partial charge in [0.05, 0.1) is 23.2 Å². The smallest absolute Gasteiger partial charge is 0.227 e. The molecule has 1 aromatic carbocycles. The summed E-state index contributed by atoms with van der Waals surface area (Å²) in [5.74, 6) is -0.0973. The molecule has 14 heavy (non-hydrogen) atoms. The average molecular weight is 260 g/mol. The molecule has 1 aliphatic rings. The van der Waals surface area contributed by atoms with E-state index in [2.05, 4.69) is 21.2 Å². The van der Waals surface area contributed by atoms with Crippen LogP contribution in [0.2, 0.25) is 0 Å². The lowest BCUT2D eigenvalue weighted by Gasteiger charge is -2.08. The number of halogens is 2. The zero-order valence-electron chi connectivity index (χ0n) is 7.14. The minimum atomic E-state index is -0.415. The summed E-state index contributed by atoms with van der Waals surface area (Å²) in [5.41, 5.74) is 0.374. The van der Waals surface area contributed by atoms with Crippen LogP contribution in [0.5, 0.6) is 5.75 Å². The highest BCUT2D eigenvalue weighted by atomic mass is 79.9. The highest BCUT2D eigenvalue weighted by Gasteiger charge is 2.17. The molecule has 1 aromatic rings. The van der Waals surface area contributed by atoms with E-state index in [1.807, 2.05) is 0 Å². The lowest BCUT2D eigenvalue weighted by atomic mass is 10.3. The third kappa shape index (κ3) is 1.72. The predicted octanol–water partition coefficient (Wildman–Crippen LogP) is 2.31. The van der Waals surface area contributed by atoms with Crippen LogP contribution in [-0.4, -0.2) is 12.5 Å². The van der Waals surface area contributed by atoms with Crippen LogP contribution in [0.3, 0.4) is 0 Å². The molecule has 0 bridgehead atoms. The standard InChI is InChI=1S/C9H7BrFNO2/c10-6-3-5(11)4-7-9(6)14-2-1-8(13)12-7/h3-4H,1-2H2,(H,12,13). The highest BCUT2D eigenvalue weighted by Crippen LogP contribution is 2.35. The van der Waals surface area contributed by atoms with E-state index in [0.717, 1.165) is 0 Å². The Hall–Kier alpha value is -1.10. The molecule has 0 aliphatic carbocycles. The molecule has 0 saturated heterocycles. The Kier molecular flexibility index (Phi) is 2.41. The summed E-state index contributed by atoms with van der Waals surface area (Å²) in [6, 6.07) is 2.54. The molecule has 5 heteroatoms. The summed E-state index contributed by atoms with van der Waals surface area (Å²) in [7, 11) is 0.